The molecule has 0 heterocycles. The topological polar surface area (TPSA) is 52.3 Å². The molecule has 1 unspecified atom stereocenters. The third kappa shape index (κ3) is 7.27. The molecule has 0 aromatic rings. The van der Waals surface area contributed by atoms with Crippen LogP contribution in [0.2, 0.25) is 0 Å². The van der Waals surface area contributed by atoms with Gasteiger partial charge >= 0.3 is 5.97 Å². The molecule has 2 N–H and O–H groups in total. The van der Waals surface area contributed by atoms with E-state index < -0.39 is 0 Å². The van der Waals surface area contributed by atoms with E-state index in [1.165, 1.54) is 0 Å². The van der Waals surface area contributed by atoms with Crippen molar-refractivity contribution in [1.29, 1.82) is 0 Å². The molecule has 0 amide bonds. The third-order valence-electron chi connectivity index (χ3n) is 2.19. The van der Waals surface area contributed by atoms with Gasteiger partial charge in [-0.2, -0.15) is 0 Å². The van der Waals surface area contributed by atoms with Crippen LogP contribution in [0.15, 0.2) is 17.4 Å². The van der Waals surface area contributed by atoms with Crippen LogP contribution in [0.5, 0.6) is 0 Å². The summed E-state index contributed by atoms with van der Waals surface area (Å²) in [6.07, 6.45) is 3.47. The maximum Gasteiger partial charge on any atom is 0.341 e. The summed E-state index contributed by atoms with van der Waals surface area (Å²) in [6, 6.07) is 0.114. The molecule has 1 atom stereocenters. The molecule has 0 aliphatic rings. The van der Waals surface area contributed by atoms with Gasteiger partial charge < -0.3 is 10.5 Å². The van der Waals surface area contributed by atoms with Crippen LogP contribution in [0.25, 0.3) is 0 Å². The highest BCUT2D eigenvalue weighted by molar-refractivity contribution is 5.87. The van der Waals surface area contributed by atoms with E-state index in [1.54, 1.807) is 6.92 Å². The molecule has 0 rings (SSSR count). The summed E-state index contributed by atoms with van der Waals surface area (Å²) < 4.78 is 5.07. The van der Waals surface area contributed by atoms with Crippen LogP contribution in [0.1, 0.15) is 40.5 Å². The Kier molecular flexibility index (Phi) is 7.61. The maximum atomic E-state index is 11.4. The number of nitrogens with two attached hydrogens (primary N) is 1. The Bertz CT molecular complexity index is 276. The SMILES string of the molecule is CCC(N)CCOC(=O)C(C)=C=CC(C)C. The second-order valence-corrected chi connectivity index (χ2v) is 4.27. The van der Waals surface area contributed by atoms with Crippen molar-refractivity contribution in [2.24, 2.45) is 11.7 Å². The van der Waals surface area contributed by atoms with Gasteiger partial charge in [-0.05, 0) is 31.8 Å². The van der Waals surface area contributed by atoms with Crippen LogP contribution in [-0.4, -0.2) is 18.6 Å². The lowest BCUT2D eigenvalue weighted by molar-refractivity contribution is -0.139. The van der Waals surface area contributed by atoms with Crippen molar-refractivity contribution in [1.82, 2.24) is 0 Å². The summed E-state index contributed by atoms with van der Waals surface area (Å²) in [4.78, 5) is 11.4. The molecule has 0 bridgehead atoms. The first-order valence-electron chi connectivity index (χ1n) is 5.83. The molecule has 92 valence electrons. The first kappa shape index (κ1) is 14.9. The molecule has 0 aliphatic heterocycles. The average molecular weight is 225 g/mol. The van der Waals surface area contributed by atoms with Crippen LogP contribution in [0.3, 0.4) is 0 Å². The zero-order valence-electron chi connectivity index (χ0n) is 10.7. The summed E-state index contributed by atoms with van der Waals surface area (Å²) in [5.74, 6) is 0.0801. The Morgan fingerprint density at radius 2 is 2.12 bits per heavy atom. The standard InChI is InChI=1S/C13H23NO2/c1-5-12(14)8-9-16-13(15)11(4)7-6-10(2)3/h6,10,12H,5,8-9,14H2,1-4H3. The summed E-state index contributed by atoms with van der Waals surface area (Å²) in [6.45, 7) is 8.18. The molecule has 0 spiro atoms. The lowest BCUT2D eigenvalue weighted by Gasteiger charge is -2.08. The van der Waals surface area contributed by atoms with Crippen molar-refractivity contribution in [2.75, 3.05) is 6.61 Å². The average Bonchev–Trinajstić information content (AvgIpc) is 2.25. The number of rotatable bonds is 6. The maximum absolute atomic E-state index is 11.4. The number of carbonyl (C=O) groups excluding carboxylic acids is 1. The lowest BCUT2D eigenvalue weighted by Crippen LogP contribution is -2.21. The molecule has 0 fully saturated rings. The van der Waals surface area contributed by atoms with E-state index in [2.05, 4.69) is 5.73 Å². The second kappa shape index (κ2) is 8.14. The minimum Gasteiger partial charge on any atom is -0.462 e. The predicted molar refractivity (Wildman–Crippen MR) is 66.0 cm³/mol. The summed E-state index contributed by atoms with van der Waals surface area (Å²) in [5.41, 5.74) is 9.15. The van der Waals surface area contributed by atoms with Gasteiger partial charge in [-0.1, -0.05) is 20.8 Å². The molecule has 3 heteroatoms. The van der Waals surface area contributed by atoms with Crippen LogP contribution < -0.4 is 5.73 Å². The summed E-state index contributed by atoms with van der Waals surface area (Å²) in [7, 11) is 0. The number of hydrogen-bond donors (Lipinski definition) is 1. The van der Waals surface area contributed by atoms with Gasteiger partial charge in [0.1, 0.15) is 0 Å². The second-order valence-electron chi connectivity index (χ2n) is 4.27. The molecular weight excluding hydrogens is 202 g/mol. The predicted octanol–water partition coefficient (Wildman–Crippen LogP) is 2.41. The van der Waals surface area contributed by atoms with Crippen molar-refractivity contribution < 1.29 is 9.53 Å². The quantitative estimate of drug-likeness (QED) is 0.429. The molecular formula is C13H23NO2. The number of ether oxygens (including phenoxy) is 1. The van der Waals surface area contributed by atoms with E-state index in [0.29, 0.717) is 24.5 Å². The van der Waals surface area contributed by atoms with Crippen molar-refractivity contribution in [3.63, 3.8) is 0 Å². The minimum atomic E-state index is -0.305. The zero-order valence-corrected chi connectivity index (χ0v) is 10.7. The molecule has 16 heavy (non-hydrogen) atoms. The molecule has 0 aliphatic carbocycles. The van der Waals surface area contributed by atoms with Gasteiger partial charge in [0.2, 0.25) is 0 Å². The highest BCUT2D eigenvalue weighted by Gasteiger charge is 2.06. The fraction of sp³-hybridized carbons (Fsp3) is 0.692. The molecule has 0 aromatic carbocycles. The molecule has 0 radical (unpaired) electrons. The van der Waals surface area contributed by atoms with Crippen LogP contribution in [-0.2, 0) is 9.53 Å². The minimum absolute atomic E-state index is 0.114. The smallest absolute Gasteiger partial charge is 0.341 e. The summed E-state index contributed by atoms with van der Waals surface area (Å²) in [5, 5.41) is 0. The van der Waals surface area contributed by atoms with Gasteiger partial charge in [0.25, 0.3) is 0 Å². The monoisotopic (exact) mass is 225 g/mol. The van der Waals surface area contributed by atoms with Gasteiger partial charge in [-0.15, -0.1) is 5.73 Å². The first-order chi connectivity index (χ1) is 7.47. The number of hydrogen-bond acceptors (Lipinski definition) is 3. The number of esters is 1. The van der Waals surface area contributed by atoms with Crippen molar-refractivity contribution in [3.8, 4) is 0 Å². The van der Waals surface area contributed by atoms with E-state index in [0.717, 1.165) is 6.42 Å². The van der Waals surface area contributed by atoms with Crippen molar-refractivity contribution in [2.45, 2.75) is 46.6 Å². The van der Waals surface area contributed by atoms with Crippen LogP contribution in [0, 0.1) is 5.92 Å². The van der Waals surface area contributed by atoms with E-state index in [4.69, 9.17) is 10.5 Å². The molecule has 0 aromatic heterocycles. The summed E-state index contributed by atoms with van der Waals surface area (Å²) >= 11 is 0. The van der Waals surface area contributed by atoms with Crippen LogP contribution >= 0.6 is 0 Å². The van der Waals surface area contributed by atoms with Gasteiger partial charge in [0.15, 0.2) is 0 Å². The van der Waals surface area contributed by atoms with Gasteiger partial charge in [0, 0.05) is 6.04 Å². The van der Waals surface area contributed by atoms with Gasteiger partial charge in [0.05, 0.1) is 12.2 Å². The molecule has 0 saturated carbocycles. The van der Waals surface area contributed by atoms with Gasteiger partial charge in [-0.3, -0.25) is 0 Å². The highest BCUT2D eigenvalue weighted by atomic mass is 16.5. The zero-order chi connectivity index (χ0) is 12.6. The normalized spacial score (nSPS) is 11.9. The van der Waals surface area contributed by atoms with Crippen molar-refractivity contribution >= 4 is 5.97 Å². The van der Waals surface area contributed by atoms with E-state index in [9.17, 15) is 4.79 Å². The Labute approximate surface area is 98.4 Å². The van der Waals surface area contributed by atoms with Gasteiger partial charge in [-0.25, -0.2) is 4.79 Å². The fourth-order valence-electron chi connectivity index (χ4n) is 0.966. The Morgan fingerprint density at radius 1 is 1.50 bits per heavy atom. The third-order valence-corrected chi connectivity index (χ3v) is 2.19. The Balaban J connectivity index is 4.03. The lowest BCUT2D eigenvalue weighted by atomic mass is 10.2. The van der Waals surface area contributed by atoms with Crippen LogP contribution in [0.4, 0.5) is 0 Å². The van der Waals surface area contributed by atoms with Crippen molar-refractivity contribution in [3.05, 3.63) is 17.4 Å². The first-order valence-corrected chi connectivity index (χ1v) is 5.83. The number of carbonyl (C=O) groups is 1. The van der Waals surface area contributed by atoms with E-state index in [1.807, 2.05) is 26.8 Å². The largest absolute Gasteiger partial charge is 0.462 e. The molecule has 3 nitrogen and oxygen atoms in total. The van der Waals surface area contributed by atoms with E-state index in [-0.39, 0.29) is 12.0 Å². The van der Waals surface area contributed by atoms with E-state index >= 15 is 0 Å². The highest BCUT2D eigenvalue weighted by Crippen LogP contribution is 2.00. The molecule has 0 saturated heterocycles. The Hall–Kier alpha value is -1.05. The fourth-order valence-corrected chi connectivity index (χ4v) is 0.966. The Morgan fingerprint density at radius 3 is 2.62 bits per heavy atom.